The van der Waals surface area contributed by atoms with Gasteiger partial charge >= 0.3 is 0 Å². The van der Waals surface area contributed by atoms with Crippen LogP contribution in [-0.2, 0) is 11.2 Å². The highest BCUT2D eigenvalue weighted by atomic mass is 35.5. The summed E-state index contributed by atoms with van der Waals surface area (Å²) in [6.07, 6.45) is 1.57. The number of nitrogens with one attached hydrogen (secondary N) is 1. The number of anilines is 1. The van der Waals surface area contributed by atoms with Gasteiger partial charge in [-0.25, -0.2) is 4.98 Å². The number of hydrogen-bond acceptors (Lipinski definition) is 5. The number of ether oxygens (including phenoxy) is 2. The minimum absolute atomic E-state index is 0.152. The monoisotopic (exact) mass is 420 g/mol. The van der Waals surface area contributed by atoms with E-state index in [1.54, 1.807) is 30.5 Å². The zero-order valence-electron chi connectivity index (χ0n) is 13.9. The molecule has 0 saturated heterocycles. The molecular formula is C19H14Cl2N2O3S. The van der Waals surface area contributed by atoms with Crippen molar-refractivity contribution in [1.82, 2.24) is 4.98 Å². The Morgan fingerprint density at radius 2 is 2.04 bits per heavy atom. The number of fused-ring (bicyclic) bond motifs is 1. The van der Waals surface area contributed by atoms with Crippen LogP contribution in [0.4, 0.5) is 5.13 Å². The van der Waals surface area contributed by atoms with E-state index in [0.29, 0.717) is 33.1 Å². The van der Waals surface area contributed by atoms with Crippen molar-refractivity contribution in [1.29, 1.82) is 0 Å². The average Bonchev–Trinajstić information content (AvgIpc) is 3.11. The Kier molecular flexibility index (Phi) is 5.20. The van der Waals surface area contributed by atoms with E-state index in [-0.39, 0.29) is 12.5 Å². The predicted molar refractivity (Wildman–Crippen MR) is 106 cm³/mol. The summed E-state index contributed by atoms with van der Waals surface area (Å²) in [5.74, 6) is 0.891. The summed E-state index contributed by atoms with van der Waals surface area (Å²) < 4.78 is 11.3. The first kappa shape index (κ1) is 18.1. The molecule has 0 spiro atoms. The van der Waals surface area contributed by atoms with Crippen molar-refractivity contribution in [3.8, 4) is 11.5 Å². The number of nitrogens with zero attached hydrogens (tertiary/aromatic N) is 1. The standard InChI is InChI=1S/C19H14Cl2N2O3S/c20-12-5-6-14(21)11(7-12)8-13-9-22-19(27-13)23-18(24)17-10-25-15-3-1-2-4-16(15)26-17/h1-7,9,17H,8,10H2,(H,22,23,24). The van der Waals surface area contributed by atoms with E-state index in [1.165, 1.54) is 11.3 Å². The Hall–Kier alpha value is -2.28. The molecule has 27 heavy (non-hydrogen) atoms. The Bertz CT molecular complexity index is 993. The van der Waals surface area contributed by atoms with Crippen LogP contribution in [0, 0.1) is 0 Å². The van der Waals surface area contributed by atoms with Crippen molar-refractivity contribution in [3.63, 3.8) is 0 Å². The number of thiazole rings is 1. The van der Waals surface area contributed by atoms with Crippen LogP contribution >= 0.6 is 34.5 Å². The molecule has 3 aromatic rings. The van der Waals surface area contributed by atoms with E-state index in [1.807, 2.05) is 18.2 Å². The molecule has 1 N–H and O–H groups in total. The lowest BCUT2D eigenvalue weighted by Gasteiger charge is -2.25. The highest BCUT2D eigenvalue weighted by molar-refractivity contribution is 7.15. The molecular weight excluding hydrogens is 407 g/mol. The van der Waals surface area contributed by atoms with Crippen LogP contribution in [-0.4, -0.2) is 23.6 Å². The molecule has 1 amide bonds. The Labute approximate surface area is 169 Å². The molecule has 0 saturated carbocycles. The molecule has 5 nitrogen and oxygen atoms in total. The molecule has 1 aromatic heterocycles. The summed E-state index contributed by atoms with van der Waals surface area (Å²) >= 11 is 13.6. The van der Waals surface area contributed by atoms with Gasteiger partial charge in [0.1, 0.15) is 6.61 Å². The van der Waals surface area contributed by atoms with Crippen LogP contribution in [0.15, 0.2) is 48.7 Å². The quantitative estimate of drug-likeness (QED) is 0.656. The molecule has 0 radical (unpaired) electrons. The first-order chi connectivity index (χ1) is 13.1. The lowest BCUT2D eigenvalue weighted by atomic mass is 10.1. The van der Waals surface area contributed by atoms with E-state index in [0.717, 1.165) is 10.4 Å². The van der Waals surface area contributed by atoms with E-state index in [4.69, 9.17) is 32.7 Å². The number of hydrogen-bond donors (Lipinski definition) is 1. The molecule has 1 aliphatic heterocycles. The first-order valence-corrected chi connectivity index (χ1v) is 9.74. The van der Waals surface area contributed by atoms with E-state index < -0.39 is 6.10 Å². The molecule has 138 valence electrons. The zero-order chi connectivity index (χ0) is 18.8. The van der Waals surface area contributed by atoms with Gasteiger partial charge in [0, 0.05) is 27.5 Å². The first-order valence-electron chi connectivity index (χ1n) is 8.16. The van der Waals surface area contributed by atoms with Crippen molar-refractivity contribution in [3.05, 3.63) is 69.1 Å². The van der Waals surface area contributed by atoms with Crippen molar-refractivity contribution < 1.29 is 14.3 Å². The second-order valence-electron chi connectivity index (χ2n) is 5.90. The molecule has 1 unspecified atom stereocenters. The largest absolute Gasteiger partial charge is 0.485 e. The van der Waals surface area contributed by atoms with E-state index in [9.17, 15) is 4.79 Å². The molecule has 0 aliphatic carbocycles. The normalized spacial score (nSPS) is 15.4. The third kappa shape index (κ3) is 4.18. The van der Waals surface area contributed by atoms with Gasteiger partial charge in [-0.2, -0.15) is 0 Å². The van der Waals surface area contributed by atoms with Crippen LogP contribution in [0.1, 0.15) is 10.4 Å². The summed E-state index contributed by atoms with van der Waals surface area (Å²) in [7, 11) is 0. The van der Waals surface area contributed by atoms with Gasteiger partial charge in [0.2, 0.25) is 6.10 Å². The summed E-state index contributed by atoms with van der Waals surface area (Å²) in [5, 5.41) is 4.55. The minimum atomic E-state index is -0.727. The number of halogens is 2. The molecule has 4 rings (SSSR count). The maximum absolute atomic E-state index is 12.5. The summed E-state index contributed by atoms with van der Waals surface area (Å²) in [4.78, 5) is 17.7. The van der Waals surface area contributed by atoms with Gasteiger partial charge in [-0.3, -0.25) is 10.1 Å². The van der Waals surface area contributed by atoms with Crippen molar-refractivity contribution in [2.24, 2.45) is 0 Å². The van der Waals surface area contributed by atoms with Crippen LogP contribution in [0.5, 0.6) is 11.5 Å². The molecule has 2 aromatic carbocycles. The Morgan fingerprint density at radius 1 is 1.22 bits per heavy atom. The van der Waals surface area contributed by atoms with Gasteiger partial charge in [0.15, 0.2) is 16.6 Å². The summed E-state index contributed by atoms with van der Waals surface area (Å²) in [6.45, 7) is 0.152. The fourth-order valence-corrected chi connectivity index (χ4v) is 3.87. The number of para-hydroxylation sites is 2. The predicted octanol–water partition coefficient (Wildman–Crippen LogP) is 4.82. The van der Waals surface area contributed by atoms with Gasteiger partial charge in [0.25, 0.3) is 5.91 Å². The molecule has 1 aliphatic rings. The second-order valence-corrected chi connectivity index (χ2v) is 7.86. The highest BCUT2D eigenvalue weighted by Crippen LogP contribution is 2.31. The topological polar surface area (TPSA) is 60.5 Å². The second kappa shape index (κ2) is 7.76. The minimum Gasteiger partial charge on any atom is -0.485 e. The number of carbonyl (C=O) groups excluding carboxylic acids is 1. The number of aromatic nitrogens is 1. The Morgan fingerprint density at radius 3 is 2.89 bits per heavy atom. The fourth-order valence-electron chi connectivity index (χ4n) is 2.65. The molecule has 1 atom stereocenters. The fraction of sp³-hybridized carbons (Fsp3) is 0.158. The van der Waals surface area contributed by atoms with Gasteiger partial charge in [-0.15, -0.1) is 11.3 Å². The van der Waals surface area contributed by atoms with Gasteiger partial charge < -0.3 is 9.47 Å². The van der Waals surface area contributed by atoms with Gasteiger partial charge in [-0.1, -0.05) is 35.3 Å². The number of benzene rings is 2. The Balaban J connectivity index is 1.41. The lowest BCUT2D eigenvalue weighted by molar-refractivity contribution is -0.125. The zero-order valence-corrected chi connectivity index (χ0v) is 16.3. The number of rotatable bonds is 4. The van der Waals surface area contributed by atoms with E-state index in [2.05, 4.69) is 10.3 Å². The molecule has 8 heteroatoms. The SMILES string of the molecule is O=C(Nc1ncc(Cc2cc(Cl)ccc2Cl)s1)C1COc2ccccc2O1. The summed E-state index contributed by atoms with van der Waals surface area (Å²) in [5.41, 5.74) is 0.909. The molecule has 2 heterocycles. The van der Waals surface area contributed by atoms with Crippen molar-refractivity contribution in [2.75, 3.05) is 11.9 Å². The molecule has 0 fully saturated rings. The van der Waals surface area contributed by atoms with Crippen LogP contribution in [0.2, 0.25) is 10.0 Å². The van der Waals surface area contributed by atoms with Crippen molar-refractivity contribution in [2.45, 2.75) is 12.5 Å². The molecule has 0 bridgehead atoms. The van der Waals surface area contributed by atoms with Crippen molar-refractivity contribution >= 4 is 45.6 Å². The maximum Gasteiger partial charge on any atom is 0.270 e. The average molecular weight is 421 g/mol. The van der Waals surface area contributed by atoms with Gasteiger partial charge in [-0.05, 0) is 35.9 Å². The number of carbonyl (C=O) groups is 1. The maximum atomic E-state index is 12.5. The van der Waals surface area contributed by atoms with Crippen LogP contribution in [0.3, 0.4) is 0 Å². The van der Waals surface area contributed by atoms with E-state index >= 15 is 0 Å². The smallest absolute Gasteiger partial charge is 0.270 e. The van der Waals surface area contributed by atoms with Crippen LogP contribution < -0.4 is 14.8 Å². The summed E-state index contributed by atoms with van der Waals surface area (Å²) in [6, 6.07) is 12.6. The third-order valence-corrected chi connectivity index (χ3v) is 5.47. The third-order valence-electron chi connectivity index (χ3n) is 3.96. The van der Waals surface area contributed by atoms with Gasteiger partial charge in [0.05, 0.1) is 0 Å². The highest BCUT2D eigenvalue weighted by Gasteiger charge is 2.27. The van der Waals surface area contributed by atoms with Crippen LogP contribution in [0.25, 0.3) is 0 Å². The lowest BCUT2D eigenvalue weighted by Crippen LogP contribution is -2.40. The number of amides is 1.